The summed E-state index contributed by atoms with van der Waals surface area (Å²) in [5.74, 6) is -0.767. The van der Waals surface area contributed by atoms with Crippen molar-refractivity contribution in [3.8, 4) is 0 Å². The Bertz CT molecular complexity index is 392. The number of hydrogen-bond acceptors (Lipinski definition) is 3. The Hall–Kier alpha value is -1.55. The number of nitrogens with zero attached hydrogens (tertiary/aromatic N) is 1. The van der Waals surface area contributed by atoms with Gasteiger partial charge >= 0.3 is 5.97 Å². The largest absolute Gasteiger partial charge is 0.481 e. The first-order chi connectivity index (χ1) is 7.66. The topological polar surface area (TPSA) is 66.6 Å². The molecule has 1 heterocycles. The van der Waals surface area contributed by atoms with Gasteiger partial charge in [-0.2, -0.15) is 0 Å². The van der Waals surface area contributed by atoms with Crippen molar-refractivity contribution in [2.45, 2.75) is 18.9 Å². The molecular weight excluding hydrogens is 204 g/mol. The molecule has 2 rings (SSSR count). The monoisotopic (exact) mass is 220 g/mol. The molecule has 1 unspecified atom stereocenters. The molecule has 1 aromatic carbocycles. The maximum absolute atomic E-state index is 10.6. The van der Waals surface area contributed by atoms with Crippen molar-refractivity contribution in [1.29, 1.82) is 0 Å². The van der Waals surface area contributed by atoms with Crippen LogP contribution in [0.5, 0.6) is 0 Å². The molecule has 0 radical (unpaired) electrons. The number of nitrogens with two attached hydrogens (primary N) is 1. The lowest BCUT2D eigenvalue weighted by Crippen LogP contribution is -2.44. The molecule has 0 amide bonds. The third-order valence-electron chi connectivity index (χ3n) is 2.86. The number of anilines is 1. The zero-order valence-electron chi connectivity index (χ0n) is 9.10. The highest BCUT2D eigenvalue weighted by atomic mass is 16.4. The maximum Gasteiger partial charge on any atom is 0.305 e. The van der Waals surface area contributed by atoms with Crippen molar-refractivity contribution in [2.75, 3.05) is 18.0 Å². The molecule has 86 valence electrons. The van der Waals surface area contributed by atoms with Crippen LogP contribution in [0.3, 0.4) is 0 Å². The van der Waals surface area contributed by atoms with Gasteiger partial charge in [-0.15, -0.1) is 0 Å². The summed E-state index contributed by atoms with van der Waals surface area (Å²) in [4.78, 5) is 12.6. The van der Waals surface area contributed by atoms with Crippen molar-refractivity contribution in [3.05, 3.63) is 29.8 Å². The second-order valence-electron chi connectivity index (χ2n) is 4.18. The highest BCUT2D eigenvalue weighted by molar-refractivity contribution is 5.68. The van der Waals surface area contributed by atoms with Gasteiger partial charge in [-0.05, 0) is 18.1 Å². The van der Waals surface area contributed by atoms with Crippen LogP contribution in [0.2, 0.25) is 0 Å². The van der Waals surface area contributed by atoms with Gasteiger partial charge in [-0.1, -0.05) is 18.2 Å². The molecule has 0 aromatic heterocycles. The van der Waals surface area contributed by atoms with Crippen LogP contribution in [0.25, 0.3) is 0 Å². The number of hydrogen-bond donors (Lipinski definition) is 2. The van der Waals surface area contributed by atoms with Crippen molar-refractivity contribution < 1.29 is 9.90 Å². The van der Waals surface area contributed by atoms with Crippen LogP contribution in [0.4, 0.5) is 5.69 Å². The normalized spacial score (nSPS) is 19.3. The molecule has 1 aliphatic rings. The van der Waals surface area contributed by atoms with Gasteiger partial charge in [0, 0.05) is 24.8 Å². The fourth-order valence-electron chi connectivity index (χ4n) is 2.16. The molecule has 16 heavy (non-hydrogen) atoms. The lowest BCUT2D eigenvalue weighted by atomic mass is 9.98. The first-order valence-corrected chi connectivity index (χ1v) is 5.47. The maximum atomic E-state index is 10.6. The van der Waals surface area contributed by atoms with E-state index in [-0.39, 0.29) is 12.5 Å². The van der Waals surface area contributed by atoms with Gasteiger partial charge in [-0.25, -0.2) is 0 Å². The summed E-state index contributed by atoms with van der Waals surface area (Å²) in [5.41, 5.74) is 8.30. The van der Waals surface area contributed by atoms with Crippen LogP contribution in [0, 0.1) is 0 Å². The Labute approximate surface area is 94.7 Å². The number of fused-ring (bicyclic) bond motifs is 1. The van der Waals surface area contributed by atoms with E-state index in [9.17, 15) is 4.79 Å². The van der Waals surface area contributed by atoms with Crippen LogP contribution in [0.1, 0.15) is 12.0 Å². The molecule has 1 aromatic rings. The van der Waals surface area contributed by atoms with Gasteiger partial charge in [0.05, 0.1) is 6.42 Å². The first kappa shape index (κ1) is 11.0. The number of carboxylic acids is 1. The average Bonchev–Trinajstić information content (AvgIpc) is 2.25. The molecule has 1 atom stereocenters. The zero-order valence-corrected chi connectivity index (χ0v) is 9.10. The third kappa shape index (κ3) is 2.33. The van der Waals surface area contributed by atoms with Crippen molar-refractivity contribution in [1.82, 2.24) is 0 Å². The highest BCUT2D eigenvalue weighted by Crippen LogP contribution is 2.26. The van der Waals surface area contributed by atoms with E-state index in [1.54, 1.807) is 0 Å². The fourth-order valence-corrected chi connectivity index (χ4v) is 2.16. The van der Waals surface area contributed by atoms with E-state index in [2.05, 4.69) is 11.0 Å². The number of carboxylic acid groups (broad SMARTS) is 1. The van der Waals surface area contributed by atoms with Crippen molar-refractivity contribution in [3.63, 3.8) is 0 Å². The summed E-state index contributed by atoms with van der Waals surface area (Å²) in [7, 11) is 0. The quantitative estimate of drug-likeness (QED) is 0.792. The van der Waals surface area contributed by atoms with Gasteiger partial charge in [0.2, 0.25) is 0 Å². The smallest absolute Gasteiger partial charge is 0.305 e. The van der Waals surface area contributed by atoms with Crippen LogP contribution in [-0.2, 0) is 11.2 Å². The van der Waals surface area contributed by atoms with Gasteiger partial charge in [0.15, 0.2) is 0 Å². The Morgan fingerprint density at radius 2 is 2.25 bits per heavy atom. The van der Waals surface area contributed by atoms with E-state index >= 15 is 0 Å². The average molecular weight is 220 g/mol. The Balaban J connectivity index is 2.16. The second kappa shape index (κ2) is 4.53. The van der Waals surface area contributed by atoms with E-state index in [4.69, 9.17) is 10.8 Å². The predicted octanol–water partition coefficient (Wildman–Crippen LogP) is 0.851. The molecule has 0 aliphatic carbocycles. The minimum Gasteiger partial charge on any atom is -0.481 e. The number of rotatable bonds is 3. The molecule has 0 spiro atoms. The number of benzene rings is 1. The molecule has 1 aliphatic heterocycles. The molecule has 0 bridgehead atoms. The summed E-state index contributed by atoms with van der Waals surface area (Å²) >= 11 is 0. The molecule has 0 saturated carbocycles. The lowest BCUT2D eigenvalue weighted by molar-refractivity contribution is -0.136. The van der Waals surface area contributed by atoms with Crippen LogP contribution in [0.15, 0.2) is 24.3 Å². The minimum atomic E-state index is -0.767. The molecule has 3 N–H and O–H groups in total. The van der Waals surface area contributed by atoms with Crippen molar-refractivity contribution >= 4 is 11.7 Å². The van der Waals surface area contributed by atoms with Crippen LogP contribution < -0.4 is 10.6 Å². The lowest BCUT2D eigenvalue weighted by Gasteiger charge is -2.34. The fraction of sp³-hybridized carbons (Fsp3) is 0.417. The predicted molar refractivity (Wildman–Crippen MR) is 62.6 cm³/mol. The van der Waals surface area contributed by atoms with Gasteiger partial charge in [0.25, 0.3) is 0 Å². The van der Waals surface area contributed by atoms with E-state index in [0.29, 0.717) is 6.54 Å². The van der Waals surface area contributed by atoms with E-state index in [1.807, 2.05) is 18.2 Å². The SMILES string of the molecule is NC1Cc2ccccc2N(CCC(=O)O)C1. The summed E-state index contributed by atoms with van der Waals surface area (Å²) in [5, 5.41) is 8.70. The van der Waals surface area contributed by atoms with E-state index < -0.39 is 5.97 Å². The molecular formula is C12H16N2O2. The number of aliphatic carboxylic acids is 1. The summed E-state index contributed by atoms with van der Waals surface area (Å²) in [6.45, 7) is 1.27. The van der Waals surface area contributed by atoms with E-state index in [0.717, 1.165) is 18.7 Å². The van der Waals surface area contributed by atoms with E-state index in [1.165, 1.54) is 5.56 Å². The minimum absolute atomic E-state index is 0.101. The van der Waals surface area contributed by atoms with Gasteiger partial charge in [-0.3, -0.25) is 4.79 Å². The number of carbonyl (C=O) groups is 1. The van der Waals surface area contributed by atoms with Crippen molar-refractivity contribution in [2.24, 2.45) is 5.73 Å². The number of para-hydroxylation sites is 1. The molecule has 4 nitrogen and oxygen atoms in total. The third-order valence-corrected chi connectivity index (χ3v) is 2.86. The Kier molecular flexibility index (Phi) is 3.10. The van der Waals surface area contributed by atoms with Crippen LogP contribution in [-0.4, -0.2) is 30.2 Å². The van der Waals surface area contributed by atoms with Crippen LogP contribution >= 0.6 is 0 Å². The highest BCUT2D eigenvalue weighted by Gasteiger charge is 2.21. The zero-order chi connectivity index (χ0) is 11.5. The second-order valence-corrected chi connectivity index (χ2v) is 4.18. The molecule has 0 fully saturated rings. The molecule has 0 saturated heterocycles. The van der Waals surface area contributed by atoms with Gasteiger partial charge in [0.1, 0.15) is 0 Å². The first-order valence-electron chi connectivity index (χ1n) is 5.47. The van der Waals surface area contributed by atoms with Gasteiger partial charge < -0.3 is 15.7 Å². The Morgan fingerprint density at radius 1 is 1.50 bits per heavy atom. The summed E-state index contributed by atoms with van der Waals surface area (Å²) in [6.07, 6.45) is 1.03. The summed E-state index contributed by atoms with van der Waals surface area (Å²) < 4.78 is 0. The molecule has 4 heteroatoms. The summed E-state index contributed by atoms with van der Waals surface area (Å²) in [6, 6.07) is 8.16. The standard InChI is InChI=1S/C12H16N2O2/c13-10-7-9-3-1-2-4-11(9)14(8-10)6-5-12(15)16/h1-4,10H,5-8,13H2,(H,15,16). The Morgan fingerprint density at radius 3 is 3.00 bits per heavy atom.